The fourth-order valence-corrected chi connectivity index (χ4v) is 3.48. The molecule has 3 heteroatoms. The van der Waals surface area contributed by atoms with Crippen LogP contribution in [0.25, 0.3) is 11.1 Å². The first-order valence-corrected chi connectivity index (χ1v) is 7.41. The summed E-state index contributed by atoms with van der Waals surface area (Å²) in [7, 11) is 0. The maximum absolute atomic E-state index is 11.3. The molecule has 0 atom stereocenters. The Morgan fingerprint density at radius 1 is 1.00 bits per heavy atom. The maximum Gasteiger partial charge on any atom is 0.317 e. The molecule has 0 unspecified atom stereocenters. The molecule has 2 aliphatic carbocycles. The summed E-state index contributed by atoms with van der Waals surface area (Å²) in [6.07, 6.45) is 2.21. The maximum atomic E-state index is 11.3. The highest BCUT2D eigenvalue weighted by atomic mass is 16.4. The fourth-order valence-electron chi connectivity index (χ4n) is 3.48. The molecule has 2 aliphatic rings. The second-order valence-electron chi connectivity index (χ2n) is 5.87. The van der Waals surface area contributed by atoms with Gasteiger partial charge in [-0.3, -0.25) is 9.69 Å². The normalized spacial score (nSPS) is 16.8. The predicted molar refractivity (Wildman–Crippen MR) is 81.1 cm³/mol. The smallest absolute Gasteiger partial charge is 0.317 e. The SMILES string of the molecule is O=C(O)CN(C1CC1)C1c2ccccc2-c2ccccc21. The molecular weight excluding hydrogens is 262 g/mol. The van der Waals surface area contributed by atoms with Crippen LogP contribution >= 0.6 is 0 Å². The second kappa shape index (κ2) is 4.71. The minimum absolute atomic E-state index is 0.0843. The summed E-state index contributed by atoms with van der Waals surface area (Å²) in [5.41, 5.74) is 4.97. The number of hydrogen-bond donors (Lipinski definition) is 1. The van der Waals surface area contributed by atoms with E-state index in [2.05, 4.69) is 41.3 Å². The van der Waals surface area contributed by atoms with E-state index in [4.69, 9.17) is 0 Å². The zero-order chi connectivity index (χ0) is 14.4. The van der Waals surface area contributed by atoms with Gasteiger partial charge >= 0.3 is 5.97 Å². The molecule has 106 valence electrons. The summed E-state index contributed by atoms with van der Waals surface area (Å²) in [5, 5.41) is 9.28. The Kier molecular flexibility index (Phi) is 2.82. The molecule has 1 N–H and O–H groups in total. The number of benzene rings is 2. The molecule has 0 radical (unpaired) electrons. The van der Waals surface area contributed by atoms with E-state index in [1.54, 1.807) is 0 Å². The van der Waals surface area contributed by atoms with Gasteiger partial charge < -0.3 is 5.11 Å². The third kappa shape index (κ3) is 2.05. The van der Waals surface area contributed by atoms with Gasteiger partial charge in [-0.15, -0.1) is 0 Å². The van der Waals surface area contributed by atoms with Crippen LogP contribution < -0.4 is 0 Å². The molecule has 0 aromatic heterocycles. The molecule has 0 aliphatic heterocycles. The van der Waals surface area contributed by atoms with E-state index in [1.807, 2.05) is 12.1 Å². The van der Waals surface area contributed by atoms with Crippen LogP contribution in [0, 0.1) is 0 Å². The molecule has 2 aromatic rings. The molecule has 4 rings (SSSR count). The average molecular weight is 279 g/mol. The summed E-state index contributed by atoms with van der Waals surface area (Å²) < 4.78 is 0. The summed E-state index contributed by atoms with van der Waals surface area (Å²) in [6.45, 7) is 0.109. The number of aliphatic carboxylic acids is 1. The minimum Gasteiger partial charge on any atom is -0.480 e. The molecule has 0 heterocycles. The zero-order valence-corrected chi connectivity index (χ0v) is 11.7. The Hall–Kier alpha value is -2.13. The van der Waals surface area contributed by atoms with Crippen molar-refractivity contribution in [2.45, 2.75) is 24.9 Å². The van der Waals surface area contributed by atoms with Gasteiger partial charge in [0.1, 0.15) is 0 Å². The molecule has 0 spiro atoms. The monoisotopic (exact) mass is 279 g/mol. The van der Waals surface area contributed by atoms with Gasteiger partial charge in [-0.25, -0.2) is 0 Å². The van der Waals surface area contributed by atoms with Crippen molar-refractivity contribution in [3.8, 4) is 11.1 Å². The van der Waals surface area contributed by atoms with E-state index in [0.29, 0.717) is 6.04 Å². The van der Waals surface area contributed by atoms with Crippen molar-refractivity contribution in [3.63, 3.8) is 0 Å². The molecule has 0 amide bonds. The van der Waals surface area contributed by atoms with Crippen molar-refractivity contribution >= 4 is 5.97 Å². The molecule has 0 saturated heterocycles. The van der Waals surface area contributed by atoms with Gasteiger partial charge in [-0.2, -0.15) is 0 Å². The predicted octanol–water partition coefficient (Wildman–Crippen LogP) is 3.31. The van der Waals surface area contributed by atoms with E-state index in [0.717, 1.165) is 12.8 Å². The highest BCUT2D eigenvalue weighted by Crippen LogP contribution is 2.48. The van der Waals surface area contributed by atoms with Crippen molar-refractivity contribution in [2.24, 2.45) is 0 Å². The highest BCUT2D eigenvalue weighted by Gasteiger charge is 2.40. The van der Waals surface area contributed by atoms with Crippen LogP contribution in [0.4, 0.5) is 0 Å². The van der Waals surface area contributed by atoms with Gasteiger partial charge in [-0.05, 0) is 35.1 Å². The lowest BCUT2D eigenvalue weighted by molar-refractivity contribution is -0.138. The quantitative estimate of drug-likeness (QED) is 0.933. The van der Waals surface area contributed by atoms with Crippen LogP contribution in [0.1, 0.15) is 30.0 Å². The lowest BCUT2D eigenvalue weighted by atomic mass is 10.0. The Morgan fingerprint density at radius 2 is 1.52 bits per heavy atom. The van der Waals surface area contributed by atoms with Crippen molar-refractivity contribution in [2.75, 3.05) is 6.54 Å². The van der Waals surface area contributed by atoms with Gasteiger partial charge in [-0.1, -0.05) is 48.5 Å². The summed E-state index contributed by atoms with van der Waals surface area (Å²) >= 11 is 0. The molecular formula is C18H17NO2. The number of hydrogen-bond acceptors (Lipinski definition) is 2. The van der Waals surface area contributed by atoms with Gasteiger partial charge in [0.2, 0.25) is 0 Å². The lowest BCUT2D eigenvalue weighted by Gasteiger charge is -2.29. The van der Waals surface area contributed by atoms with E-state index in [-0.39, 0.29) is 12.6 Å². The zero-order valence-electron chi connectivity index (χ0n) is 11.7. The third-order valence-electron chi connectivity index (χ3n) is 4.47. The van der Waals surface area contributed by atoms with Crippen LogP contribution in [0.2, 0.25) is 0 Å². The summed E-state index contributed by atoms with van der Waals surface area (Å²) in [4.78, 5) is 13.4. The third-order valence-corrected chi connectivity index (χ3v) is 4.47. The van der Waals surface area contributed by atoms with Crippen LogP contribution in [-0.4, -0.2) is 28.6 Å². The number of carboxylic acids is 1. The average Bonchev–Trinajstić information content (AvgIpc) is 3.27. The summed E-state index contributed by atoms with van der Waals surface area (Å²) in [5.74, 6) is -0.747. The van der Waals surface area contributed by atoms with Crippen LogP contribution in [0.5, 0.6) is 0 Å². The first kappa shape index (κ1) is 12.6. The second-order valence-corrected chi connectivity index (χ2v) is 5.87. The minimum atomic E-state index is -0.747. The Morgan fingerprint density at radius 3 is 2.00 bits per heavy atom. The van der Waals surface area contributed by atoms with Crippen molar-refractivity contribution in [3.05, 3.63) is 59.7 Å². The van der Waals surface area contributed by atoms with E-state index < -0.39 is 5.97 Å². The topological polar surface area (TPSA) is 40.5 Å². The van der Waals surface area contributed by atoms with E-state index >= 15 is 0 Å². The Labute approximate surface area is 123 Å². The van der Waals surface area contributed by atoms with E-state index in [1.165, 1.54) is 22.3 Å². The molecule has 1 fully saturated rings. The van der Waals surface area contributed by atoms with Gasteiger partial charge in [0.25, 0.3) is 0 Å². The Balaban J connectivity index is 1.85. The van der Waals surface area contributed by atoms with Gasteiger partial charge in [0.15, 0.2) is 0 Å². The molecule has 1 saturated carbocycles. The summed E-state index contributed by atoms with van der Waals surface area (Å²) in [6, 6.07) is 17.2. The molecule has 0 bridgehead atoms. The van der Waals surface area contributed by atoms with Crippen molar-refractivity contribution < 1.29 is 9.90 Å². The standard InChI is InChI=1S/C18H17NO2/c20-17(21)11-19(12-9-10-12)18-15-7-3-1-5-13(15)14-6-2-4-8-16(14)18/h1-8,12,18H,9-11H2,(H,20,21). The van der Waals surface area contributed by atoms with Gasteiger partial charge in [0, 0.05) is 6.04 Å². The van der Waals surface area contributed by atoms with Crippen LogP contribution in [-0.2, 0) is 4.79 Å². The van der Waals surface area contributed by atoms with E-state index in [9.17, 15) is 9.90 Å². The largest absolute Gasteiger partial charge is 0.480 e. The van der Waals surface area contributed by atoms with Crippen molar-refractivity contribution in [1.29, 1.82) is 0 Å². The lowest BCUT2D eigenvalue weighted by Crippen LogP contribution is -2.35. The van der Waals surface area contributed by atoms with Crippen molar-refractivity contribution in [1.82, 2.24) is 4.90 Å². The number of carbonyl (C=O) groups is 1. The number of rotatable bonds is 4. The highest BCUT2D eigenvalue weighted by molar-refractivity contribution is 5.79. The molecule has 21 heavy (non-hydrogen) atoms. The number of nitrogens with zero attached hydrogens (tertiary/aromatic N) is 1. The number of carboxylic acid groups (broad SMARTS) is 1. The van der Waals surface area contributed by atoms with Gasteiger partial charge in [0.05, 0.1) is 12.6 Å². The molecule has 2 aromatic carbocycles. The number of fused-ring (bicyclic) bond motifs is 3. The fraction of sp³-hybridized carbons (Fsp3) is 0.278. The molecule has 3 nitrogen and oxygen atoms in total. The first-order chi connectivity index (χ1) is 10.3. The first-order valence-electron chi connectivity index (χ1n) is 7.41. The Bertz CT molecular complexity index is 660. The van der Waals surface area contributed by atoms with Crippen LogP contribution in [0.15, 0.2) is 48.5 Å². The van der Waals surface area contributed by atoms with Crippen LogP contribution in [0.3, 0.4) is 0 Å².